The minimum atomic E-state index is 0.0732. The molecular weight excluding hydrogens is 222 g/mol. The predicted molar refractivity (Wildman–Crippen MR) is 76.0 cm³/mol. The highest BCUT2D eigenvalue weighted by atomic mass is 15.1. The summed E-state index contributed by atoms with van der Waals surface area (Å²) in [6.45, 7) is 9.71. The number of imidazole rings is 1. The second kappa shape index (κ2) is 4.39. The van der Waals surface area contributed by atoms with Crippen LogP contribution in [0.3, 0.4) is 0 Å². The van der Waals surface area contributed by atoms with Crippen molar-refractivity contribution in [1.82, 2.24) is 14.3 Å². The van der Waals surface area contributed by atoms with E-state index in [4.69, 9.17) is 4.98 Å². The van der Waals surface area contributed by atoms with Crippen LogP contribution in [0, 0.1) is 6.92 Å². The lowest BCUT2D eigenvalue weighted by Gasteiger charge is -2.19. The molecule has 2 rings (SSSR count). The number of hydrogen-bond donors (Lipinski definition) is 0. The molecule has 2 heterocycles. The Morgan fingerprint density at radius 2 is 1.94 bits per heavy atom. The number of hydrogen-bond acceptors (Lipinski definition) is 2. The Morgan fingerprint density at radius 1 is 1.28 bits per heavy atom. The zero-order valence-corrected chi connectivity index (χ0v) is 12.3. The lowest BCUT2D eigenvalue weighted by atomic mass is 9.90. The van der Waals surface area contributed by atoms with E-state index in [9.17, 15) is 0 Å². The van der Waals surface area contributed by atoms with Crippen molar-refractivity contribution in [1.29, 1.82) is 0 Å². The van der Waals surface area contributed by atoms with E-state index in [1.807, 2.05) is 0 Å². The maximum atomic E-state index is 4.87. The summed E-state index contributed by atoms with van der Waals surface area (Å²) in [5, 5.41) is 0. The first-order chi connectivity index (χ1) is 8.30. The van der Waals surface area contributed by atoms with Gasteiger partial charge in [0.2, 0.25) is 0 Å². The molecule has 0 aromatic carbocycles. The molecule has 0 N–H and O–H groups in total. The van der Waals surface area contributed by atoms with Crippen LogP contribution in [0.1, 0.15) is 37.7 Å². The van der Waals surface area contributed by atoms with Crippen LogP contribution >= 0.6 is 0 Å². The van der Waals surface area contributed by atoms with Crippen molar-refractivity contribution in [3.8, 4) is 0 Å². The Bertz CT molecular complexity index is 559. The molecule has 3 nitrogen and oxygen atoms in total. The van der Waals surface area contributed by atoms with Crippen molar-refractivity contribution < 1.29 is 0 Å². The average molecular weight is 245 g/mol. The first kappa shape index (κ1) is 13.1. The van der Waals surface area contributed by atoms with Crippen LogP contribution in [0.5, 0.6) is 0 Å². The van der Waals surface area contributed by atoms with Crippen molar-refractivity contribution in [3.63, 3.8) is 0 Å². The maximum Gasteiger partial charge on any atom is 0.140 e. The van der Waals surface area contributed by atoms with Gasteiger partial charge in [0.15, 0.2) is 0 Å². The van der Waals surface area contributed by atoms with Gasteiger partial charge in [-0.2, -0.15) is 0 Å². The number of fused-ring (bicyclic) bond motifs is 1. The third-order valence-electron chi connectivity index (χ3n) is 3.12. The van der Waals surface area contributed by atoms with Crippen LogP contribution in [0.15, 0.2) is 18.3 Å². The summed E-state index contributed by atoms with van der Waals surface area (Å²) in [6.07, 6.45) is 2.11. The smallest absolute Gasteiger partial charge is 0.140 e. The Hall–Kier alpha value is -1.35. The van der Waals surface area contributed by atoms with Crippen molar-refractivity contribution in [3.05, 3.63) is 35.3 Å². The normalized spacial score (nSPS) is 12.6. The SMILES string of the molecule is Cc1cccn2c(CN(C)C)c(C(C)(C)C)nc12. The van der Waals surface area contributed by atoms with Crippen LogP contribution in [-0.2, 0) is 12.0 Å². The van der Waals surface area contributed by atoms with E-state index < -0.39 is 0 Å². The van der Waals surface area contributed by atoms with Crippen molar-refractivity contribution in [2.75, 3.05) is 14.1 Å². The highest BCUT2D eigenvalue weighted by Gasteiger charge is 2.24. The molecule has 2 aromatic rings. The Labute approximate surface area is 109 Å². The summed E-state index contributed by atoms with van der Waals surface area (Å²) in [5.74, 6) is 0. The Morgan fingerprint density at radius 3 is 2.50 bits per heavy atom. The minimum absolute atomic E-state index is 0.0732. The van der Waals surface area contributed by atoms with Gasteiger partial charge in [-0.15, -0.1) is 0 Å². The van der Waals surface area contributed by atoms with Gasteiger partial charge in [0.25, 0.3) is 0 Å². The van der Waals surface area contributed by atoms with Crippen molar-refractivity contribution >= 4 is 5.65 Å². The maximum absolute atomic E-state index is 4.87. The molecule has 3 heteroatoms. The molecule has 0 unspecified atom stereocenters. The molecule has 0 aliphatic rings. The van der Waals surface area contributed by atoms with Gasteiger partial charge in [-0.1, -0.05) is 26.8 Å². The van der Waals surface area contributed by atoms with Crippen LogP contribution in [0.4, 0.5) is 0 Å². The van der Waals surface area contributed by atoms with E-state index in [0.717, 1.165) is 12.2 Å². The second-order valence-electron chi connectivity index (χ2n) is 6.28. The van der Waals surface area contributed by atoms with E-state index in [0.29, 0.717) is 0 Å². The average Bonchev–Trinajstić information content (AvgIpc) is 2.57. The summed E-state index contributed by atoms with van der Waals surface area (Å²) in [6, 6.07) is 4.21. The minimum Gasteiger partial charge on any atom is -0.304 e. The van der Waals surface area contributed by atoms with Crippen molar-refractivity contribution in [2.24, 2.45) is 0 Å². The first-order valence-corrected chi connectivity index (χ1v) is 6.42. The van der Waals surface area contributed by atoms with Gasteiger partial charge in [0.1, 0.15) is 5.65 Å². The van der Waals surface area contributed by atoms with Gasteiger partial charge in [-0.3, -0.25) is 0 Å². The lowest BCUT2D eigenvalue weighted by Crippen LogP contribution is -2.19. The fourth-order valence-electron chi connectivity index (χ4n) is 2.30. The Kier molecular flexibility index (Phi) is 3.20. The van der Waals surface area contributed by atoms with Gasteiger partial charge in [0, 0.05) is 18.2 Å². The Balaban J connectivity index is 2.72. The summed E-state index contributed by atoms with van der Waals surface area (Å²) in [7, 11) is 4.20. The molecule has 98 valence electrons. The topological polar surface area (TPSA) is 20.5 Å². The van der Waals surface area contributed by atoms with E-state index >= 15 is 0 Å². The molecular formula is C15H23N3. The van der Waals surface area contributed by atoms with E-state index in [-0.39, 0.29) is 5.41 Å². The first-order valence-electron chi connectivity index (χ1n) is 6.42. The molecule has 0 saturated carbocycles. The zero-order chi connectivity index (χ0) is 13.5. The highest BCUT2D eigenvalue weighted by molar-refractivity contribution is 5.51. The highest BCUT2D eigenvalue weighted by Crippen LogP contribution is 2.27. The molecule has 0 fully saturated rings. The van der Waals surface area contributed by atoms with Crippen molar-refractivity contribution in [2.45, 2.75) is 39.7 Å². The van der Waals surface area contributed by atoms with E-state index in [1.54, 1.807) is 0 Å². The van der Waals surface area contributed by atoms with Gasteiger partial charge in [-0.05, 0) is 32.6 Å². The lowest BCUT2D eigenvalue weighted by molar-refractivity contribution is 0.389. The van der Waals surface area contributed by atoms with Crippen LogP contribution < -0.4 is 0 Å². The molecule has 18 heavy (non-hydrogen) atoms. The van der Waals surface area contributed by atoms with E-state index in [2.05, 4.69) is 69.4 Å². The molecule has 0 bridgehead atoms. The number of rotatable bonds is 2. The van der Waals surface area contributed by atoms with E-state index in [1.165, 1.54) is 17.0 Å². The number of aromatic nitrogens is 2. The quantitative estimate of drug-likeness (QED) is 0.810. The zero-order valence-electron chi connectivity index (χ0n) is 12.3. The molecule has 0 spiro atoms. The number of pyridine rings is 1. The fourth-order valence-corrected chi connectivity index (χ4v) is 2.30. The van der Waals surface area contributed by atoms with Crippen LogP contribution in [0.25, 0.3) is 5.65 Å². The molecule has 0 saturated heterocycles. The molecule has 0 amide bonds. The van der Waals surface area contributed by atoms with Crippen LogP contribution in [0.2, 0.25) is 0 Å². The van der Waals surface area contributed by atoms with Gasteiger partial charge in [-0.25, -0.2) is 4.98 Å². The molecule has 0 aliphatic carbocycles. The summed E-state index contributed by atoms with van der Waals surface area (Å²) in [5.41, 5.74) is 4.88. The monoisotopic (exact) mass is 245 g/mol. The third kappa shape index (κ3) is 2.27. The van der Waals surface area contributed by atoms with Gasteiger partial charge < -0.3 is 9.30 Å². The van der Waals surface area contributed by atoms with Gasteiger partial charge in [0.05, 0.1) is 11.4 Å². The summed E-state index contributed by atoms with van der Waals surface area (Å²) in [4.78, 5) is 7.07. The predicted octanol–water partition coefficient (Wildman–Crippen LogP) is 3.00. The number of nitrogens with zero attached hydrogens (tertiary/aromatic N) is 3. The molecule has 0 radical (unpaired) electrons. The largest absolute Gasteiger partial charge is 0.304 e. The summed E-state index contributed by atoms with van der Waals surface area (Å²) >= 11 is 0. The standard InChI is InChI=1S/C15H23N3/c1-11-8-7-9-18-12(10-17(5)6)13(15(2,3)4)16-14(11)18/h7-9H,10H2,1-6H3. The second-order valence-corrected chi connectivity index (χ2v) is 6.28. The summed E-state index contributed by atoms with van der Waals surface area (Å²) < 4.78 is 2.23. The molecule has 0 aliphatic heterocycles. The van der Waals surface area contributed by atoms with Gasteiger partial charge >= 0.3 is 0 Å². The molecule has 2 aromatic heterocycles. The number of aryl methyl sites for hydroxylation is 1. The fraction of sp³-hybridized carbons (Fsp3) is 0.533. The third-order valence-corrected chi connectivity index (χ3v) is 3.12. The van der Waals surface area contributed by atoms with Crippen LogP contribution in [-0.4, -0.2) is 28.4 Å². The molecule has 0 atom stereocenters.